The summed E-state index contributed by atoms with van der Waals surface area (Å²) in [6.07, 6.45) is 4.06. The molecule has 1 aliphatic heterocycles. The lowest BCUT2D eigenvalue weighted by Crippen LogP contribution is -2.20. The highest BCUT2D eigenvalue weighted by atomic mass is 16.2. The maximum atomic E-state index is 12.2. The van der Waals surface area contributed by atoms with Gasteiger partial charge in [0, 0.05) is 32.0 Å². The van der Waals surface area contributed by atoms with Crippen molar-refractivity contribution in [3.05, 3.63) is 29.8 Å². The number of aromatic nitrogens is 4. The molecule has 0 atom stereocenters. The number of rotatable bonds is 3. The van der Waals surface area contributed by atoms with E-state index < -0.39 is 0 Å². The second-order valence-electron chi connectivity index (χ2n) is 5.15. The number of hydrogen-bond donors (Lipinski definition) is 1. The minimum absolute atomic E-state index is 0.290. The Balaban J connectivity index is 1.76. The number of carbonyl (C=O) groups is 1. The van der Waals surface area contributed by atoms with E-state index in [1.165, 1.54) is 12.8 Å². The van der Waals surface area contributed by atoms with Crippen molar-refractivity contribution in [1.82, 2.24) is 19.7 Å². The molecule has 0 aliphatic carbocycles. The van der Waals surface area contributed by atoms with E-state index in [1.807, 2.05) is 19.1 Å². The van der Waals surface area contributed by atoms with Crippen molar-refractivity contribution >= 4 is 17.5 Å². The van der Waals surface area contributed by atoms with Crippen LogP contribution in [0.5, 0.6) is 0 Å². The van der Waals surface area contributed by atoms with Gasteiger partial charge in [0.25, 0.3) is 5.91 Å². The number of hydrogen-bond acceptors (Lipinski definition) is 5. The fourth-order valence-corrected chi connectivity index (χ4v) is 2.40. The maximum absolute atomic E-state index is 12.2. The molecule has 1 aliphatic rings. The van der Waals surface area contributed by atoms with Gasteiger partial charge < -0.3 is 4.90 Å². The summed E-state index contributed by atoms with van der Waals surface area (Å²) in [5.74, 6) is 0.749. The van der Waals surface area contributed by atoms with Crippen LogP contribution >= 0.6 is 0 Å². The van der Waals surface area contributed by atoms with E-state index in [2.05, 4.69) is 25.3 Å². The van der Waals surface area contributed by atoms with E-state index >= 15 is 0 Å². The zero-order valence-corrected chi connectivity index (χ0v) is 12.2. The van der Waals surface area contributed by atoms with Gasteiger partial charge in [0.1, 0.15) is 11.5 Å². The molecule has 2 aromatic heterocycles. The van der Waals surface area contributed by atoms with Crippen LogP contribution in [0.2, 0.25) is 0 Å². The van der Waals surface area contributed by atoms with Crippen LogP contribution in [0.25, 0.3) is 0 Å². The van der Waals surface area contributed by atoms with Crippen LogP contribution in [-0.2, 0) is 7.05 Å². The predicted octanol–water partition coefficient (Wildman–Crippen LogP) is 1.37. The van der Waals surface area contributed by atoms with Crippen LogP contribution in [0.15, 0.2) is 18.3 Å². The number of amides is 1. The van der Waals surface area contributed by atoms with Gasteiger partial charge in [0.05, 0.1) is 0 Å². The molecule has 7 heteroatoms. The molecule has 1 saturated heterocycles. The van der Waals surface area contributed by atoms with E-state index in [0.717, 1.165) is 24.6 Å². The number of nitrogens with zero attached hydrogens (tertiary/aromatic N) is 5. The molecule has 0 spiro atoms. The lowest BCUT2D eigenvalue weighted by Gasteiger charge is -2.17. The molecule has 0 bridgehead atoms. The fraction of sp³-hybridized carbons (Fsp3) is 0.429. The largest absolute Gasteiger partial charge is 0.371 e. The maximum Gasteiger partial charge on any atom is 0.276 e. The normalized spacial score (nSPS) is 14.5. The quantitative estimate of drug-likeness (QED) is 0.922. The minimum atomic E-state index is -0.290. The van der Waals surface area contributed by atoms with Crippen LogP contribution in [0.1, 0.15) is 29.2 Å². The van der Waals surface area contributed by atoms with Crippen molar-refractivity contribution in [2.45, 2.75) is 19.8 Å². The molecule has 1 N–H and O–H groups in total. The van der Waals surface area contributed by atoms with Gasteiger partial charge in [-0.1, -0.05) is 0 Å². The third kappa shape index (κ3) is 2.86. The first-order valence-corrected chi connectivity index (χ1v) is 7.03. The van der Waals surface area contributed by atoms with Crippen LogP contribution in [0.4, 0.5) is 11.6 Å². The summed E-state index contributed by atoms with van der Waals surface area (Å²) in [7, 11) is 1.78. The Morgan fingerprint density at radius 2 is 2.10 bits per heavy atom. The second-order valence-corrected chi connectivity index (χ2v) is 5.15. The van der Waals surface area contributed by atoms with Gasteiger partial charge in [-0.25, -0.2) is 0 Å². The number of pyridine rings is 1. The van der Waals surface area contributed by atoms with E-state index in [1.54, 1.807) is 17.9 Å². The molecule has 0 aromatic carbocycles. The lowest BCUT2D eigenvalue weighted by atomic mass is 10.3. The number of anilines is 2. The van der Waals surface area contributed by atoms with Gasteiger partial charge in [-0.3, -0.25) is 19.8 Å². The van der Waals surface area contributed by atoms with Gasteiger partial charge in [0.2, 0.25) is 5.95 Å². The Kier molecular flexibility index (Phi) is 3.55. The Labute approximate surface area is 123 Å². The summed E-state index contributed by atoms with van der Waals surface area (Å²) in [6.45, 7) is 3.90. The van der Waals surface area contributed by atoms with Crippen molar-refractivity contribution in [3.8, 4) is 0 Å². The zero-order chi connectivity index (χ0) is 14.8. The number of nitrogens with one attached hydrogen (secondary N) is 1. The number of aryl methyl sites for hydroxylation is 2. The van der Waals surface area contributed by atoms with Crippen molar-refractivity contribution in [2.75, 3.05) is 23.3 Å². The SMILES string of the molecule is Cc1nc(NC(=O)c2cc(N3CCCC3)ccn2)nn1C. The van der Waals surface area contributed by atoms with Gasteiger partial charge in [-0.15, -0.1) is 5.10 Å². The molecule has 0 saturated carbocycles. The van der Waals surface area contributed by atoms with Crippen molar-refractivity contribution in [1.29, 1.82) is 0 Å². The zero-order valence-electron chi connectivity index (χ0n) is 12.2. The Hall–Kier alpha value is -2.44. The minimum Gasteiger partial charge on any atom is -0.371 e. The first kappa shape index (κ1) is 13.5. The van der Waals surface area contributed by atoms with Gasteiger partial charge >= 0.3 is 0 Å². The molecule has 0 unspecified atom stereocenters. The Morgan fingerprint density at radius 1 is 1.33 bits per heavy atom. The summed E-state index contributed by atoms with van der Waals surface area (Å²) in [4.78, 5) is 22.8. The first-order chi connectivity index (χ1) is 10.1. The van der Waals surface area contributed by atoms with E-state index in [0.29, 0.717) is 11.6 Å². The summed E-state index contributed by atoms with van der Waals surface area (Å²) < 4.78 is 1.61. The smallest absolute Gasteiger partial charge is 0.276 e. The topological polar surface area (TPSA) is 75.9 Å². The van der Waals surface area contributed by atoms with Crippen molar-refractivity contribution < 1.29 is 4.79 Å². The molecule has 110 valence electrons. The highest BCUT2D eigenvalue weighted by molar-refractivity contribution is 6.02. The molecule has 7 nitrogen and oxygen atoms in total. The summed E-state index contributed by atoms with van der Waals surface area (Å²) in [6, 6.07) is 3.75. The van der Waals surface area contributed by atoms with Crippen molar-refractivity contribution in [3.63, 3.8) is 0 Å². The predicted molar refractivity (Wildman–Crippen MR) is 79.4 cm³/mol. The third-order valence-corrected chi connectivity index (χ3v) is 3.65. The molecule has 1 amide bonds. The molecular formula is C14H18N6O. The molecule has 3 rings (SSSR count). The Morgan fingerprint density at radius 3 is 2.76 bits per heavy atom. The van der Waals surface area contributed by atoms with E-state index in [4.69, 9.17) is 0 Å². The van der Waals surface area contributed by atoms with Crippen molar-refractivity contribution in [2.24, 2.45) is 7.05 Å². The van der Waals surface area contributed by atoms with Gasteiger partial charge in [-0.2, -0.15) is 4.98 Å². The monoisotopic (exact) mass is 286 g/mol. The summed E-state index contributed by atoms with van der Waals surface area (Å²) in [5, 5.41) is 6.79. The molecule has 0 radical (unpaired) electrons. The van der Waals surface area contributed by atoms with E-state index in [9.17, 15) is 4.79 Å². The molecule has 1 fully saturated rings. The van der Waals surface area contributed by atoms with Gasteiger partial charge in [0.15, 0.2) is 0 Å². The average molecular weight is 286 g/mol. The standard InChI is InChI=1S/C14H18N6O/c1-10-16-14(18-19(10)2)17-13(21)12-9-11(5-6-15-12)20-7-3-4-8-20/h5-6,9H,3-4,7-8H2,1-2H3,(H,17,18,21). The van der Waals surface area contributed by atoms with Gasteiger partial charge in [-0.05, 0) is 31.9 Å². The Bertz CT molecular complexity index is 640. The lowest BCUT2D eigenvalue weighted by molar-refractivity contribution is 0.102. The average Bonchev–Trinajstić information content (AvgIpc) is 3.10. The van der Waals surface area contributed by atoms with E-state index in [-0.39, 0.29) is 5.91 Å². The highest BCUT2D eigenvalue weighted by Gasteiger charge is 2.16. The molecular weight excluding hydrogens is 268 g/mol. The third-order valence-electron chi connectivity index (χ3n) is 3.65. The summed E-state index contributed by atoms with van der Waals surface area (Å²) >= 11 is 0. The van der Waals surface area contributed by atoms with Crippen LogP contribution in [0, 0.1) is 6.92 Å². The fourth-order valence-electron chi connectivity index (χ4n) is 2.40. The molecule has 2 aromatic rings. The number of carbonyl (C=O) groups excluding carboxylic acids is 1. The molecule has 3 heterocycles. The van der Waals surface area contributed by atoms with Crippen LogP contribution in [-0.4, -0.2) is 38.7 Å². The first-order valence-electron chi connectivity index (χ1n) is 7.03. The second kappa shape index (κ2) is 5.51. The van der Waals surface area contributed by atoms with Crippen LogP contribution < -0.4 is 10.2 Å². The summed E-state index contributed by atoms with van der Waals surface area (Å²) in [5.41, 5.74) is 1.42. The molecule has 21 heavy (non-hydrogen) atoms. The van der Waals surface area contributed by atoms with Crippen LogP contribution in [0.3, 0.4) is 0 Å². The highest BCUT2D eigenvalue weighted by Crippen LogP contribution is 2.20.